The molecular formula is C13H15BrN4. The molecule has 4 rings (SSSR count). The molecule has 2 atom stereocenters. The lowest BCUT2D eigenvalue weighted by molar-refractivity contribution is 0.494. The molecule has 2 aromatic rings. The predicted molar refractivity (Wildman–Crippen MR) is 73.7 cm³/mol. The highest BCUT2D eigenvalue weighted by Gasteiger charge is 2.37. The van der Waals surface area contributed by atoms with Crippen LogP contribution in [0.15, 0.2) is 23.2 Å². The number of hydrogen-bond acceptors (Lipinski definition) is 3. The number of fused-ring (bicyclic) bond motifs is 2. The van der Waals surface area contributed by atoms with Gasteiger partial charge in [-0.05, 0) is 40.6 Å². The Bertz CT molecular complexity index is 582. The summed E-state index contributed by atoms with van der Waals surface area (Å²) >= 11 is 3.49. The number of halogens is 1. The van der Waals surface area contributed by atoms with Crippen LogP contribution in [0.25, 0.3) is 5.65 Å². The number of imidazole rings is 1. The van der Waals surface area contributed by atoms with Crippen molar-refractivity contribution in [3.05, 3.63) is 23.2 Å². The molecule has 0 spiro atoms. The van der Waals surface area contributed by atoms with E-state index in [9.17, 15) is 0 Å². The number of aromatic nitrogens is 3. The first-order valence-electron chi connectivity index (χ1n) is 6.55. The Labute approximate surface area is 114 Å². The topological polar surface area (TPSA) is 33.4 Å². The zero-order valence-electron chi connectivity index (χ0n) is 10.1. The highest BCUT2D eigenvalue weighted by molar-refractivity contribution is 9.10. The molecule has 2 unspecified atom stereocenters. The Balaban J connectivity index is 1.76. The molecule has 1 aliphatic heterocycles. The van der Waals surface area contributed by atoms with Gasteiger partial charge < -0.3 is 9.30 Å². The molecule has 0 aromatic carbocycles. The van der Waals surface area contributed by atoms with Crippen molar-refractivity contribution in [1.82, 2.24) is 14.4 Å². The van der Waals surface area contributed by atoms with Crippen molar-refractivity contribution in [3.63, 3.8) is 0 Å². The van der Waals surface area contributed by atoms with Gasteiger partial charge in [-0.15, -0.1) is 0 Å². The largest absolute Gasteiger partial charge is 0.353 e. The van der Waals surface area contributed by atoms with E-state index >= 15 is 0 Å². The number of anilines is 1. The first kappa shape index (κ1) is 10.8. The Morgan fingerprint density at radius 1 is 1.22 bits per heavy atom. The zero-order valence-corrected chi connectivity index (χ0v) is 11.7. The van der Waals surface area contributed by atoms with Crippen LogP contribution in [-0.4, -0.2) is 27.5 Å². The van der Waals surface area contributed by atoms with E-state index in [2.05, 4.69) is 30.8 Å². The zero-order chi connectivity index (χ0) is 12.1. The third kappa shape index (κ3) is 1.56. The standard InChI is InChI=1S/C13H15BrN4/c14-11-8-17-5-4-15-12(17)13(16-11)18-6-9-2-1-3-10(9)7-18/h4-5,8-10H,1-3,6-7H2. The summed E-state index contributed by atoms with van der Waals surface area (Å²) in [6.45, 7) is 2.30. The van der Waals surface area contributed by atoms with Crippen LogP contribution in [0.3, 0.4) is 0 Å². The van der Waals surface area contributed by atoms with Gasteiger partial charge in [0.15, 0.2) is 11.5 Å². The van der Waals surface area contributed by atoms with Gasteiger partial charge >= 0.3 is 0 Å². The van der Waals surface area contributed by atoms with E-state index in [-0.39, 0.29) is 0 Å². The fourth-order valence-electron chi connectivity index (χ4n) is 3.51. The van der Waals surface area contributed by atoms with Crippen LogP contribution >= 0.6 is 15.9 Å². The number of hydrogen-bond donors (Lipinski definition) is 0. The summed E-state index contributed by atoms with van der Waals surface area (Å²) < 4.78 is 2.92. The average Bonchev–Trinajstić information content (AvgIpc) is 3.01. The molecule has 2 aromatic heterocycles. The molecule has 94 valence electrons. The lowest BCUT2D eigenvalue weighted by Gasteiger charge is -2.19. The van der Waals surface area contributed by atoms with Crippen molar-refractivity contribution in [3.8, 4) is 0 Å². The van der Waals surface area contributed by atoms with Crippen molar-refractivity contribution < 1.29 is 0 Å². The molecule has 4 nitrogen and oxygen atoms in total. The van der Waals surface area contributed by atoms with Gasteiger partial charge in [-0.25, -0.2) is 9.97 Å². The molecular weight excluding hydrogens is 292 g/mol. The molecule has 0 bridgehead atoms. The third-order valence-electron chi connectivity index (χ3n) is 4.35. The SMILES string of the molecule is Brc1cn2ccnc2c(N2CC3CCCC3C2)n1. The van der Waals surface area contributed by atoms with E-state index in [0.717, 1.165) is 41.0 Å². The van der Waals surface area contributed by atoms with Gasteiger partial charge in [-0.3, -0.25) is 0 Å². The molecule has 1 saturated carbocycles. The van der Waals surface area contributed by atoms with E-state index in [1.54, 1.807) is 0 Å². The third-order valence-corrected chi connectivity index (χ3v) is 4.73. The van der Waals surface area contributed by atoms with Gasteiger partial charge in [0.05, 0.1) is 0 Å². The van der Waals surface area contributed by atoms with Crippen molar-refractivity contribution in [2.45, 2.75) is 19.3 Å². The number of nitrogens with zero attached hydrogens (tertiary/aromatic N) is 4. The van der Waals surface area contributed by atoms with Crippen molar-refractivity contribution in [2.24, 2.45) is 11.8 Å². The van der Waals surface area contributed by atoms with Crippen LogP contribution < -0.4 is 4.90 Å². The highest BCUT2D eigenvalue weighted by Crippen LogP contribution is 2.39. The molecule has 1 aliphatic carbocycles. The maximum absolute atomic E-state index is 4.64. The Hall–Kier alpha value is -1.10. The minimum atomic E-state index is 0.875. The van der Waals surface area contributed by atoms with Crippen LogP contribution in [0, 0.1) is 11.8 Å². The summed E-state index contributed by atoms with van der Waals surface area (Å²) in [6, 6.07) is 0. The molecule has 2 aliphatic rings. The maximum atomic E-state index is 4.64. The van der Waals surface area contributed by atoms with Gasteiger partial charge in [0.25, 0.3) is 0 Å². The first-order chi connectivity index (χ1) is 8.81. The van der Waals surface area contributed by atoms with Gasteiger partial charge in [-0.2, -0.15) is 0 Å². The van der Waals surface area contributed by atoms with Crippen molar-refractivity contribution in [1.29, 1.82) is 0 Å². The Kier molecular flexibility index (Phi) is 2.37. The van der Waals surface area contributed by atoms with Gasteiger partial charge in [0, 0.05) is 31.7 Å². The predicted octanol–water partition coefficient (Wildman–Crippen LogP) is 2.73. The number of rotatable bonds is 1. The molecule has 1 saturated heterocycles. The smallest absolute Gasteiger partial charge is 0.180 e. The van der Waals surface area contributed by atoms with Gasteiger partial charge in [0.2, 0.25) is 0 Å². The monoisotopic (exact) mass is 306 g/mol. The summed E-state index contributed by atoms with van der Waals surface area (Å²) in [6.07, 6.45) is 9.96. The van der Waals surface area contributed by atoms with Gasteiger partial charge in [0.1, 0.15) is 4.60 Å². The van der Waals surface area contributed by atoms with Crippen LogP contribution in [0.1, 0.15) is 19.3 Å². The fraction of sp³-hybridized carbons (Fsp3) is 0.538. The van der Waals surface area contributed by atoms with Crippen LogP contribution in [-0.2, 0) is 0 Å². The van der Waals surface area contributed by atoms with E-state index in [0.29, 0.717) is 0 Å². The summed E-state index contributed by atoms with van der Waals surface area (Å²) in [5, 5.41) is 0. The molecule has 0 N–H and O–H groups in total. The van der Waals surface area contributed by atoms with Crippen molar-refractivity contribution in [2.75, 3.05) is 18.0 Å². The average molecular weight is 307 g/mol. The Morgan fingerprint density at radius 2 is 2.00 bits per heavy atom. The minimum absolute atomic E-state index is 0.875. The lowest BCUT2D eigenvalue weighted by Crippen LogP contribution is -2.22. The van der Waals surface area contributed by atoms with E-state index < -0.39 is 0 Å². The van der Waals surface area contributed by atoms with Crippen LogP contribution in [0.2, 0.25) is 0 Å². The quantitative estimate of drug-likeness (QED) is 0.812. The second kappa shape index (κ2) is 3.95. The van der Waals surface area contributed by atoms with Crippen molar-refractivity contribution >= 4 is 27.4 Å². The molecule has 3 heterocycles. The fourth-order valence-corrected chi connectivity index (χ4v) is 3.89. The van der Waals surface area contributed by atoms with E-state index in [4.69, 9.17) is 0 Å². The van der Waals surface area contributed by atoms with Crippen LogP contribution in [0.5, 0.6) is 0 Å². The second-order valence-electron chi connectivity index (χ2n) is 5.40. The lowest BCUT2D eigenvalue weighted by atomic mass is 10.0. The summed E-state index contributed by atoms with van der Waals surface area (Å²) in [5.74, 6) is 2.78. The van der Waals surface area contributed by atoms with E-state index in [1.807, 2.05) is 23.0 Å². The molecule has 18 heavy (non-hydrogen) atoms. The maximum Gasteiger partial charge on any atom is 0.180 e. The second-order valence-corrected chi connectivity index (χ2v) is 6.21. The summed E-state index contributed by atoms with van der Waals surface area (Å²) in [7, 11) is 0. The first-order valence-corrected chi connectivity index (χ1v) is 7.35. The van der Waals surface area contributed by atoms with E-state index in [1.165, 1.54) is 19.3 Å². The molecule has 5 heteroatoms. The summed E-state index contributed by atoms with van der Waals surface area (Å²) in [4.78, 5) is 11.5. The molecule has 0 amide bonds. The molecule has 2 fully saturated rings. The molecule has 0 radical (unpaired) electrons. The summed E-state index contributed by atoms with van der Waals surface area (Å²) in [5.41, 5.74) is 0.971. The minimum Gasteiger partial charge on any atom is -0.353 e. The van der Waals surface area contributed by atoms with Gasteiger partial charge in [-0.1, -0.05) is 6.42 Å². The van der Waals surface area contributed by atoms with Crippen LogP contribution in [0.4, 0.5) is 5.82 Å². The Morgan fingerprint density at radius 3 is 2.78 bits per heavy atom. The normalized spacial score (nSPS) is 27.1. The highest BCUT2D eigenvalue weighted by atomic mass is 79.9.